The van der Waals surface area contributed by atoms with Crippen molar-refractivity contribution in [3.63, 3.8) is 0 Å². The van der Waals surface area contributed by atoms with Crippen molar-refractivity contribution < 1.29 is 22.7 Å². The van der Waals surface area contributed by atoms with Gasteiger partial charge >= 0.3 is 12.4 Å². The Hall–Kier alpha value is -2.45. The summed E-state index contributed by atoms with van der Waals surface area (Å²) in [6.45, 7) is 5.32. The summed E-state index contributed by atoms with van der Waals surface area (Å²) in [7, 11) is 0. The quantitative estimate of drug-likeness (QED) is 0.510. The fraction of sp³-hybridized carbons (Fsp3) is 0.385. The number of guanidine groups is 1. The molecular weight excluding hydrogens is 301 g/mol. The molecule has 0 atom stereocenters. The first-order valence-corrected chi connectivity index (χ1v) is 6.39. The van der Waals surface area contributed by atoms with Gasteiger partial charge < -0.3 is 15.4 Å². The molecule has 6 nitrogen and oxygen atoms in total. The molecular formula is C13H17F3N4O2. The second kappa shape index (κ2) is 7.01. The number of benzene rings is 1. The van der Waals surface area contributed by atoms with Crippen molar-refractivity contribution >= 4 is 17.7 Å². The van der Waals surface area contributed by atoms with E-state index in [1.165, 1.54) is 12.1 Å². The van der Waals surface area contributed by atoms with Gasteiger partial charge in [0.15, 0.2) is 5.96 Å². The maximum absolute atomic E-state index is 12.2. The van der Waals surface area contributed by atoms with Gasteiger partial charge in [-0.15, -0.1) is 13.2 Å². The first kappa shape index (κ1) is 17.6. The topological polar surface area (TPSA) is 86.2 Å². The van der Waals surface area contributed by atoms with E-state index in [-0.39, 0.29) is 11.7 Å². The van der Waals surface area contributed by atoms with Crippen LogP contribution in [0.1, 0.15) is 18.1 Å². The standard InChI is InChI=1S/C13H17F3N4O2/c1-4-18-11(17)20-12(21)19-10-7(2)5-9(6-8(10)3)22-13(14,15)16/h5-6H,4H2,1-3H3,(H4,17,18,19,20,21). The summed E-state index contributed by atoms with van der Waals surface area (Å²) in [4.78, 5) is 11.7. The number of amides is 2. The van der Waals surface area contributed by atoms with Crippen LogP contribution in [0.5, 0.6) is 5.75 Å². The molecule has 0 radical (unpaired) electrons. The third kappa shape index (κ3) is 5.51. The molecule has 22 heavy (non-hydrogen) atoms. The Bertz CT molecular complexity index is 550. The van der Waals surface area contributed by atoms with Gasteiger partial charge in [-0.2, -0.15) is 0 Å². The molecule has 1 rings (SSSR count). The Labute approximate surface area is 125 Å². The number of nitrogens with one attached hydrogen (secondary N) is 4. The lowest BCUT2D eigenvalue weighted by atomic mass is 10.1. The number of carbonyl (C=O) groups excluding carboxylic acids is 1. The zero-order valence-electron chi connectivity index (χ0n) is 12.3. The minimum atomic E-state index is -4.77. The molecule has 0 aromatic heterocycles. The third-order valence-electron chi connectivity index (χ3n) is 2.57. The molecule has 0 fully saturated rings. The molecule has 0 aliphatic carbocycles. The zero-order valence-corrected chi connectivity index (χ0v) is 12.3. The first-order chi connectivity index (χ1) is 10.1. The molecule has 2 amide bonds. The van der Waals surface area contributed by atoms with E-state index in [1.54, 1.807) is 20.8 Å². The van der Waals surface area contributed by atoms with Crippen LogP contribution < -0.4 is 20.7 Å². The molecule has 122 valence electrons. The maximum Gasteiger partial charge on any atom is 0.573 e. The highest BCUT2D eigenvalue weighted by Gasteiger charge is 2.31. The summed E-state index contributed by atoms with van der Waals surface area (Å²) in [5.74, 6) is -0.527. The SMILES string of the molecule is CCNC(=N)NC(=O)Nc1c(C)cc(OC(F)(F)F)cc1C. The number of hydrogen-bond acceptors (Lipinski definition) is 3. The van der Waals surface area contributed by atoms with E-state index in [9.17, 15) is 18.0 Å². The van der Waals surface area contributed by atoms with Gasteiger partial charge in [0.05, 0.1) is 0 Å². The van der Waals surface area contributed by atoms with Gasteiger partial charge in [-0.25, -0.2) is 4.79 Å². The highest BCUT2D eigenvalue weighted by Crippen LogP contribution is 2.29. The molecule has 0 aliphatic heterocycles. The third-order valence-corrected chi connectivity index (χ3v) is 2.57. The van der Waals surface area contributed by atoms with Crippen LogP contribution in [0.4, 0.5) is 23.7 Å². The van der Waals surface area contributed by atoms with Gasteiger partial charge in [0.2, 0.25) is 0 Å². The molecule has 4 N–H and O–H groups in total. The highest BCUT2D eigenvalue weighted by atomic mass is 19.4. The monoisotopic (exact) mass is 318 g/mol. The van der Waals surface area contributed by atoms with E-state index < -0.39 is 12.4 Å². The van der Waals surface area contributed by atoms with Crippen LogP contribution in [0.25, 0.3) is 0 Å². The Morgan fingerprint density at radius 3 is 2.27 bits per heavy atom. The van der Waals surface area contributed by atoms with E-state index in [1.807, 2.05) is 0 Å². The summed E-state index contributed by atoms with van der Waals surface area (Å²) in [5.41, 5.74) is 1.17. The molecule has 0 saturated heterocycles. The number of aryl methyl sites for hydroxylation is 2. The fourth-order valence-corrected chi connectivity index (χ4v) is 1.79. The van der Waals surface area contributed by atoms with Crippen molar-refractivity contribution in [3.8, 4) is 5.75 Å². The molecule has 1 aromatic carbocycles. The lowest BCUT2D eigenvalue weighted by Gasteiger charge is -2.16. The molecule has 1 aromatic rings. The van der Waals surface area contributed by atoms with Crippen LogP contribution in [0.3, 0.4) is 0 Å². The van der Waals surface area contributed by atoms with Gasteiger partial charge in [0.25, 0.3) is 0 Å². The average Bonchev–Trinajstić information content (AvgIpc) is 2.31. The number of ether oxygens (including phenoxy) is 1. The van der Waals surface area contributed by atoms with Gasteiger partial charge in [-0.3, -0.25) is 10.7 Å². The molecule has 0 bridgehead atoms. The zero-order chi connectivity index (χ0) is 16.9. The number of halogens is 3. The maximum atomic E-state index is 12.2. The lowest BCUT2D eigenvalue weighted by Crippen LogP contribution is -2.42. The molecule has 0 aliphatic rings. The van der Waals surface area contributed by atoms with Crippen LogP contribution >= 0.6 is 0 Å². The Morgan fingerprint density at radius 2 is 1.82 bits per heavy atom. The van der Waals surface area contributed by atoms with Crippen LogP contribution in [0, 0.1) is 19.3 Å². The second-order valence-corrected chi connectivity index (χ2v) is 4.46. The van der Waals surface area contributed by atoms with Crippen LogP contribution in [0.2, 0.25) is 0 Å². The van der Waals surface area contributed by atoms with Crippen LogP contribution in [0.15, 0.2) is 12.1 Å². The predicted molar refractivity (Wildman–Crippen MR) is 76.2 cm³/mol. The summed E-state index contributed by atoms with van der Waals surface area (Å²) < 4.78 is 40.4. The normalized spacial score (nSPS) is 10.8. The fourth-order valence-electron chi connectivity index (χ4n) is 1.79. The van der Waals surface area contributed by atoms with E-state index >= 15 is 0 Å². The van der Waals surface area contributed by atoms with E-state index in [0.29, 0.717) is 23.4 Å². The van der Waals surface area contributed by atoms with Crippen molar-refractivity contribution in [2.75, 3.05) is 11.9 Å². The van der Waals surface area contributed by atoms with Gasteiger partial charge in [-0.1, -0.05) is 0 Å². The van der Waals surface area contributed by atoms with Crippen molar-refractivity contribution in [1.82, 2.24) is 10.6 Å². The Morgan fingerprint density at radius 1 is 1.27 bits per heavy atom. The molecule has 0 saturated carbocycles. The van der Waals surface area contributed by atoms with E-state index in [0.717, 1.165) is 0 Å². The van der Waals surface area contributed by atoms with Gasteiger partial charge in [-0.05, 0) is 44.0 Å². The summed E-state index contributed by atoms with van der Waals surface area (Å²) >= 11 is 0. The summed E-state index contributed by atoms with van der Waals surface area (Å²) in [6, 6.07) is 1.68. The van der Waals surface area contributed by atoms with Crippen molar-refractivity contribution in [3.05, 3.63) is 23.3 Å². The van der Waals surface area contributed by atoms with Crippen molar-refractivity contribution in [1.29, 1.82) is 5.41 Å². The van der Waals surface area contributed by atoms with Crippen molar-refractivity contribution in [2.45, 2.75) is 27.1 Å². The summed E-state index contributed by atoms with van der Waals surface area (Å²) in [6.07, 6.45) is -4.77. The number of hydrogen-bond donors (Lipinski definition) is 4. The number of alkyl halides is 3. The number of rotatable bonds is 3. The smallest absolute Gasteiger partial charge is 0.406 e. The van der Waals surface area contributed by atoms with Crippen LogP contribution in [-0.4, -0.2) is 24.9 Å². The second-order valence-electron chi connectivity index (χ2n) is 4.46. The van der Waals surface area contributed by atoms with Gasteiger partial charge in [0, 0.05) is 12.2 Å². The lowest BCUT2D eigenvalue weighted by molar-refractivity contribution is -0.274. The highest BCUT2D eigenvalue weighted by molar-refractivity contribution is 6.02. The Kier molecular flexibility index (Phi) is 5.61. The average molecular weight is 318 g/mol. The summed E-state index contributed by atoms with van der Waals surface area (Å²) in [5, 5.41) is 14.7. The molecule has 0 unspecified atom stereocenters. The Balaban J connectivity index is 2.84. The van der Waals surface area contributed by atoms with Crippen molar-refractivity contribution in [2.24, 2.45) is 0 Å². The first-order valence-electron chi connectivity index (χ1n) is 6.39. The predicted octanol–water partition coefficient (Wildman–Crippen LogP) is 2.87. The number of urea groups is 1. The molecule has 0 heterocycles. The minimum Gasteiger partial charge on any atom is -0.406 e. The molecule has 9 heteroatoms. The molecule has 0 spiro atoms. The van der Waals surface area contributed by atoms with Gasteiger partial charge in [0.1, 0.15) is 5.75 Å². The van der Waals surface area contributed by atoms with E-state index in [4.69, 9.17) is 5.41 Å². The number of anilines is 1. The van der Waals surface area contributed by atoms with E-state index in [2.05, 4.69) is 20.7 Å². The largest absolute Gasteiger partial charge is 0.573 e. The minimum absolute atomic E-state index is 0.174. The van der Waals surface area contributed by atoms with Crippen LogP contribution in [-0.2, 0) is 0 Å². The number of carbonyl (C=O) groups is 1.